The fraction of sp³-hybridized carbons (Fsp3) is 0.917. The van der Waals surface area contributed by atoms with E-state index in [9.17, 15) is 0 Å². The summed E-state index contributed by atoms with van der Waals surface area (Å²) >= 11 is 0. The summed E-state index contributed by atoms with van der Waals surface area (Å²) in [6.07, 6.45) is 0.853. The van der Waals surface area contributed by atoms with Gasteiger partial charge in [-0.25, -0.2) is 0 Å². The van der Waals surface area contributed by atoms with Crippen molar-refractivity contribution in [1.29, 1.82) is 5.26 Å². The van der Waals surface area contributed by atoms with E-state index >= 15 is 0 Å². The van der Waals surface area contributed by atoms with Crippen LogP contribution >= 0.6 is 0 Å². The molecule has 15 heavy (non-hydrogen) atoms. The Labute approximate surface area is 94.5 Å². The van der Waals surface area contributed by atoms with Crippen LogP contribution in [0.1, 0.15) is 41.0 Å². The van der Waals surface area contributed by atoms with Crippen molar-refractivity contribution in [2.75, 3.05) is 13.6 Å². The molecule has 0 amide bonds. The molecule has 0 aliphatic rings. The van der Waals surface area contributed by atoms with Gasteiger partial charge in [-0.3, -0.25) is 5.32 Å². The van der Waals surface area contributed by atoms with E-state index in [0.29, 0.717) is 12.1 Å². The maximum Gasteiger partial charge on any atom is 0.105 e. The standard InChI is InChI=1S/C12H25N3/c1-7-14-12(5,9-13)8-11(4)15(6)10(2)3/h10-11,14H,7-8H2,1-6H3. The summed E-state index contributed by atoms with van der Waals surface area (Å²) in [5.74, 6) is 0. The summed E-state index contributed by atoms with van der Waals surface area (Å²) in [5.41, 5.74) is -0.405. The van der Waals surface area contributed by atoms with Gasteiger partial charge >= 0.3 is 0 Å². The van der Waals surface area contributed by atoms with Crippen LogP contribution < -0.4 is 5.32 Å². The molecule has 2 unspecified atom stereocenters. The van der Waals surface area contributed by atoms with Gasteiger partial charge in [-0.05, 0) is 47.7 Å². The van der Waals surface area contributed by atoms with E-state index < -0.39 is 5.54 Å². The molecule has 0 radical (unpaired) electrons. The van der Waals surface area contributed by atoms with Crippen molar-refractivity contribution < 1.29 is 0 Å². The second-order valence-electron chi connectivity index (χ2n) is 4.79. The summed E-state index contributed by atoms with van der Waals surface area (Å²) in [6.45, 7) is 11.4. The zero-order valence-corrected chi connectivity index (χ0v) is 11.0. The minimum Gasteiger partial charge on any atom is -0.301 e. The van der Waals surface area contributed by atoms with Crippen LogP contribution in [0.15, 0.2) is 0 Å². The van der Waals surface area contributed by atoms with Gasteiger partial charge in [-0.1, -0.05) is 6.92 Å². The first-order valence-corrected chi connectivity index (χ1v) is 5.74. The molecule has 0 aliphatic heterocycles. The Morgan fingerprint density at radius 3 is 2.27 bits per heavy atom. The van der Waals surface area contributed by atoms with Crippen LogP contribution in [0, 0.1) is 11.3 Å². The van der Waals surface area contributed by atoms with Gasteiger partial charge in [0.1, 0.15) is 5.54 Å². The molecule has 1 N–H and O–H groups in total. The Kier molecular flexibility index (Phi) is 5.85. The van der Waals surface area contributed by atoms with Gasteiger partial charge < -0.3 is 4.90 Å². The fourth-order valence-electron chi connectivity index (χ4n) is 1.79. The highest BCUT2D eigenvalue weighted by atomic mass is 15.2. The normalized spacial score (nSPS) is 17.5. The second-order valence-corrected chi connectivity index (χ2v) is 4.79. The van der Waals surface area contributed by atoms with Crippen LogP contribution in [-0.2, 0) is 0 Å². The topological polar surface area (TPSA) is 39.1 Å². The number of nitrogens with zero attached hydrogens (tertiary/aromatic N) is 2. The van der Waals surface area contributed by atoms with Crippen LogP contribution in [0.5, 0.6) is 0 Å². The van der Waals surface area contributed by atoms with Crippen LogP contribution in [0.25, 0.3) is 0 Å². The summed E-state index contributed by atoms with van der Waals surface area (Å²) in [6, 6.07) is 3.30. The van der Waals surface area contributed by atoms with Crippen LogP contribution in [-0.4, -0.2) is 36.1 Å². The predicted octanol–water partition coefficient (Wildman–Crippen LogP) is 2.00. The van der Waals surface area contributed by atoms with Crippen LogP contribution in [0.3, 0.4) is 0 Å². The molecule has 0 aliphatic carbocycles. The lowest BCUT2D eigenvalue weighted by Crippen LogP contribution is -2.47. The van der Waals surface area contributed by atoms with E-state index in [0.717, 1.165) is 13.0 Å². The van der Waals surface area contributed by atoms with Crippen molar-refractivity contribution in [3.05, 3.63) is 0 Å². The number of rotatable bonds is 6. The average Bonchev–Trinajstić information content (AvgIpc) is 2.16. The molecule has 0 spiro atoms. The van der Waals surface area contributed by atoms with E-state index in [4.69, 9.17) is 5.26 Å². The Morgan fingerprint density at radius 2 is 1.93 bits per heavy atom. The Hall–Kier alpha value is -0.590. The van der Waals surface area contributed by atoms with Gasteiger partial charge in [0.15, 0.2) is 0 Å². The van der Waals surface area contributed by atoms with Gasteiger partial charge in [0.05, 0.1) is 6.07 Å². The molecule has 0 aromatic carbocycles. The Bertz CT molecular complexity index is 219. The molecular formula is C12H25N3. The molecule has 0 saturated carbocycles. The van der Waals surface area contributed by atoms with Crippen molar-refractivity contribution in [3.63, 3.8) is 0 Å². The van der Waals surface area contributed by atoms with Crippen molar-refractivity contribution >= 4 is 0 Å². The van der Waals surface area contributed by atoms with E-state index in [1.165, 1.54) is 0 Å². The molecule has 0 rings (SSSR count). The Morgan fingerprint density at radius 1 is 1.40 bits per heavy atom. The number of nitriles is 1. The lowest BCUT2D eigenvalue weighted by atomic mass is 9.94. The molecule has 2 atom stereocenters. The lowest BCUT2D eigenvalue weighted by Gasteiger charge is -2.33. The van der Waals surface area contributed by atoms with E-state index in [1.807, 2.05) is 13.8 Å². The van der Waals surface area contributed by atoms with E-state index in [-0.39, 0.29) is 0 Å². The summed E-state index contributed by atoms with van der Waals surface area (Å²) in [7, 11) is 2.11. The smallest absolute Gasteiger partial charge is 0.105 e. The number of hydrogen-bond donors (Lipinski definition) is 1. The highest BCUT2D eigenvalue weighted by Crippen LogP contribution is 2.16. The molecule has 0 aromatic heterocycles. The predicted molar refractivity (Wildman–Crippen MR) is 64.7 cm³/mol. The SMILES string of the molecule is CCNC(C)(C#N)CC(C)N(C)C(C)C. The summed E-state index contributed by atoms with van der Waals surface area (Å²) in [4.78, 5) is 2.30. The quantitative estimate of drug-likeness (QED) is 0.730. The third kappa shape index (κ3) is 4.63. The highest BCUT2D eigenvalue weighted by molar-refractivity contribution is 5.05. The zero-order chi connectivity index (χ0) is 12.1. The van der Waals surface area contributed by atoms with Crippen molar-refractivity contribution in [2.45, 2.75) is 58.7 Å². The molecule has 0 heterocycles. The lowest BCUT2D eigenvalue weighted by molar-refractivity contribution is 0.176. The number of nitrogens with one attached hydrogen (secondary N) is 1. The Balaban J connectivity index is 4.37. The first-order chi connectivity index (χ1) is 6.86. The first-order valence-electron chi connectivity index (χ1n) is 5.74. The maximum atomic E-state index is 9.15. The van der Waals surface area contributed by atoms with Crippen LogP contribution in [0.4, 0.5) is 0 Å². The monoisotopic (exact) mass is 211 g/mol. The highest BCUT2D eigenvalue weighted by Gasteiger charge is 2.27. The largest absolute Gasteiger partial charge is 0.301 e. The molecule has 0 saturated heterocycles. The fourth-order valence-corrected chi connectivity index (χ4v) is 1.79. The van der Waals surface area contributed by atoms with Crippen molar-refractivity contribution in [3.8, 4) is 6.07 Å². The molecule has 88 valence electrons. The van der Waals surface area contributed by atoms with Gasteiger partial charge in [0.2, 0.25) is 0 Å². The van der Waals surface area contributed by atoms with Crippen molar-refractivity contribution in [2.24, 2.45) is 0 Å². The average molecular weight is 211 g/mol. The minimum atomic E-state index is -0.405. The molecule has 0 fully saturated rings. The van der Waals surface area contributed by atoms with Gasteiger partial charge in [-0.2, -0.15) is 5.26 Å². The van der Waals surface area contributed by atoms with Gasteiger partial charge in [0.25, 0.3) is 0 Å². The molecule has 0 bridgehead atoms. The van der Waals surface area contributed by atoms with Crippen LogP contribution in [0.2, 0.25) is 0 Å². The second kappa shape index (κ2) is 6.09. The molecular weight excluding hydrogens is 186 g/mol. The third-order valence-electron chi connectivity index (χ3n) is 3.03. The molecule has 0 aromatic rings. The minimum absolute atomic E-state index is 0.405. The molecule has 3 nitrogen and oxygen atoms in total. The summed E-state index contributed by atoms with van der Waals surface area (Å²) < 4.78 is 0. The maximum absolute atomic E-state index is 9.15. The summed E-state index contributed by atoms with van der Waals surface area (Å²) in [5, 5.41) is 12.4. The van der Waals surface area contributed by atoms with E-state index in [2.05, 4.69) is 44.1 Å². The third-order valence-corrected chi connectivity index (χ3v) is 3.03. The van der Waals surface area contributed by atoms with Crippen molar-refractivity contribution in [1.82, 2.24) is 10.2 Å². The number of hydrogen-bond acceptors (Lipinski definition) is 3. The molecule has 3 heteroatoms. The van der Waals surface area contributed by atoms with E-state index in [1.54, 1.807) is 0 Å². The zero-order valence-electron chi connectivity index (χ0n) is 11.0. The van der Waals surface area contributed by atoms with Gasteiger partial charge in [-0.15, -0.1) is 0 Å². The first kappa shape index (κ1) is 14.4. The van der Waals surface area contributed by atoms with Gasteiger partial charge in [0, 0.05) is 12.1 Å².